The highest BCUT2D eigenvalue weighted by Gasteiger charge is 2.15. The minimum absolute atomic E-state index is 0.107. The van der Waals surface area contributed by atoms with Gasteiger partial charge in [-0.2, -0.15) is 5.10 Å². The van der Waals surface area contributed by atoms with E-state index >= 15 is 0 Å². The predicted molar refractivity (Wildman–Crippen MR) is 107 cm³/mol. The van der Waals surface area contributed by atoms with E-state index in [1.165, 1.54) is 0 Å². The normalized spacial score (nSPS) is 12.2. The molecule has 4 rings (SSSR count). The Kier molecular flexibility index (Phi) is 5.41. The molecule has 0 saturated heterocycles. The number of anilines is 1. The molecule has 8 heteroatoms. The number of amides is 1. The van der Waals surface area contributed by atoms with Crippen molar-refractivity contribution in [1.82, 2.24) is 9.78 Å². The highest BCUT2D eigenvalue weighted by molar-refractivity contribution is 6.35. The molecule has 6 nitrogen and oxygen atoms in total. The van der Waals surface area contributed by atoms with Gasteiger partial charge in [0.15, 0.2) is 11.5 Å². The van der Waals surface area contributed by atoms with Gasteiger partial charge < -0.3 is 14.8 Å². The summed E-state index contributed by atoms with van der Waals surface area (Å²) >= 11 is 12.5. The summed E-state index contributed by atoms with van der Waals surface area (Å²) in [6.07, 6.45) is 2.54. The molecule has 28 heavy (non-hydrogen) atoms. The topological polar surface area (TPSA) is 65.4 Å². The maximum absolute atomic E-state index is 12.4. The molecular formula is C20H17Cl2N3O3. The second-order valence-corrected chi connectivity index (χ2v) is 7.12. The van der Waals surface area contributed by atoms with Gasteiger partial charge in [-0.1, -0.05) is 35.3 Å². The van der Waals surface area contributed by atoms with Crippen molar-refractivity contribution in [3.05, 3.63) is 69.8 Å². The number of benzene rings is 2. The zero-order valence-electron chi connectivity index (χ0n) is 14.8. The van der Waals surface area contributed by atoms with E-state index in [-0.39, 0.29) is 12.7 Å². The van der Waals surface area contributed by atoms with Gasteiger partial charge in [0, 0.05) is 28.1 Å². The van der Waals surface area contributed by atoms with Crippen LogP contribution in [0.2, 0.25) is 10.0 Å². The number of nitrogens with one attached hydrogen (secondary N) is 1. The molecule has 1 aromatic heterocycles. The van der Waals surface area contributed by atoms with E-state index in [0.29, 0.717) is 41.0 Å². The van der Waals surface area contributed by atoms with Gasteiger partial charge in [-0.05, 0) is 36.2 Å². The van der Waals surface area contributed by atoms with Crippen LogP contribution in [0.25, 0.3) is 0 Å². The van der Waals surface area contributed by atoms with Crippen molar-refractivity contribution in [2.24, 2.45) is 0 Å². The molecule has 1 aliphatic heterocycles. The maximum atomic E-state index is 12.4. The average Bonchev–Trinajstić information content (AvgIpc) is 3.32. The van der Waals surface area contributed by atoms with Crippen LogP contribution >= 0.6 is 23.2 Å². The van der Waals surface area contributed by atoms with Gasteiger partial charge in [-0.3, -0.25) is 4.79 Å². The largest absolute Gasteiger partial charge is 0.454 e. The zero-order chi connectivity index (χ0) is 19.5. The first kappa shape index (κ1) is 18.7. The molecule has 0 atom stereocenters. The van der Waals surface area contributed by atoms with Crippen molar-refractivity contribution in [1.29, 1.82) is 0 Å². The summed E-state index contributed by atoms with van der Waals surface area (Å²) < 4.78 is 12.3. The summed E-state index contributed by atoms with van der Waals surface area (Å²) in [7, 11) is 0. The monoisotopic (exact) mass is 417 g/mol. The fourth-order valence-electron chi connectivity index (χ4n) is 2.96. The standard InChI is InChI=1S/C20H17Cl2N3O3/c21-15-2-1-3-16(22)14(15)11-25-19(8-9-23-25)24-20(26)7-5-13-4-6-17-18(10-13)28-12-27-17/h1-4,6,8-10H,5,7,11-12H2,(H,24,26). The molecule has 1 N–H and O–H groups in total. The molecule has 0 fully saturated rings. The van der Waals surface area contributed by atoms with E-state index in [0.717, 1.165) is 16.9 Å². The Morgan fingerprint density at radius 1 is 1.11 bits per heavy atom. The van der Waals surface area contributed by atoms with Crippen molar-refractivity contribution < 1.29 is 14.3 Å². The number of aromatic nitrogens is 2. The Bertz CT molecular complexity index is 999. The van der Waals surface area contributed by atoms with Gasteiger partial charge in [0.25, 0.3) is 0 Å². The summed E-state index contributed by atoms with van der Waals surface area (Å²) in [6, 6.07) is 12.8. The fourth-order valence-corrected chi connectivity index (χ4v) is 3.47. The van der Waals surface area contributed by atoms with Crippen LogP contribution in [0.3, 0.4) is 0 Å². The van der Waals surface area contributed by atoms with Crippen LogP contribution < -0.4 is 14.8 Å². The lowest BCUT2D eigenvalue weighted by Gasteiger charge is -2.11. The van der Waals surface area contributed by atoms with Crippen molar-refractivity contribution in [2.75, 3.05) is 12.1 Å². The molecule has 0 radical (unpaired) electrons. The molecule has 0 unspecified atom stereocenters. The Balaban J connectivity index is 1.38. The van der Waals surface area contributed by atoms with Gasteiger partial charge in [0.1, 0.15) is 5.82 Å². The van der Waals surface area contributed by atoms with Crippen molar-refractivity contribution in [3.8, 4) is 11.5 Å². The van der Waals surface area contributed by atoms with Crippen molar-refractivity contribution in [2.45, 2.75) is 19.4 Å². The predicted octanol–water partition coefficient (Wildman–Crippen LogP) is 4.54. The average molecular weight is 418 g/mol. The van der Waals surface area contributed by atoms with Gasteiger partial charge in [0.05, 0.1) is 12.7 Å². The van der Waals surface area contributed by atoms with E-state index in [1.807, 2.05) is 18.2 Å². The molecule has 144 valence electrons. The maximum Gasteiger partial charge on any atom is 0.231 e. The highest BCUT2D eigenvalue weighted by atomic mass is 35.5. The van der Waals surface area contributed by atoms with Crippen LogP contribution in [-0.2, 0) is 17.8 Å². The van der Waals surface area contributed by atoms with Gasteiger partial charge in [0.2, 0.25) is 12.7 Å². The van der Waals surface area contributed by atoms with Gasteiger partial charge in [-0.25, -0.2) is 4.68 Å². The first-order chi connectivity index (χ1) is 13.6. The molecule has 1 aliphatic rings. The van der Waals surface area contributed by atoms with Gasteiger partial charge >= 0.3 is 0 Å². The van der Waals surface area contributed by atoms with Crippen LogP contribution in [0.4, 0.5) is 5.82 Å². The highest BCUT2D eigenvalue weighted by Crippen LogP contribution is 2.32. The van der Waals surface area contributed by atoms with E-state index < -0.39 is 0 Å². The van der Waals surface area contributed by atoms with E-state index in [1.54, 1.807) is 35.1 Å². The smallest absolute Gasteiger partial charge is 0.231 e. The SMILES string of the molecule is O=C(CCc1ccc2c(c1)OCO2)Nc1ccnn1Cc1c(Cl)cccc1Cl. The second-order valence-electron chi connectivity index (χ2n) is 6.31. The Labute approximate surface area is 172 Å². The van der Waals surface area contributed by atoms with Crippen LogP contribution in [0.15, 0.2) is 48.7 Å². The minimum Gasteiger partial charge on any atom is -0.454 e. The quantitative estimate of drug-likeness (QED) is 0.639. The van der Waals surface area contributed by atoms with E-state index in [4.69, 9.17) is 32.7 Å². The third-order valence-corrected chi connectivity index (χ3v) is 5.14. The van der Waals surface area contributed by atoms with E-state index in [9.17, 15) is 4.79 Å². The summed E-state index contributed by atoms with van der Waals surface area (Å²) in [5, 5.41) is 8.27. The summed E-state index contributed by atoms with van der Waals surface area (Å²) in [4.78, 5) is 12.4. The third-order valence-electron chi connectivity index (χ3n) is 4.43. The molecule has 2 aromatic carbocycles. The first-order valence-corrected chi connectivity index (χ1v) is 9.49. The summed E-state index contributed by atoms with van der Waals surface area (Å²) in [6.45, 7) is 0.599. The zero-order valence-corrected chi connectivity index (χ0v) is 16.3. The van der Waals surface area contributed by atoms with Crippen molar-refractivity contribution in [3.63, 3.8) is 0 Å². The molecule has 0 bridgehead atoms. The number of rotatable bonds is 6. The number of hydrogen-bond donors (Lipinski definition) is 1. The number of halogens is 2. The lowest BCUT2D eigenvalue weighted by atomic mass is 10.1. The van der Waals surface area contributed by atoms with E-state index in [2.05, 4.69) is 10.4 Å². The fraction of sp³-hybridized carbons (Fsp3) is 0.200. The number of fused-ring (bicyclic) bond motifs is 1. The molecule has 3 aromatic rings. The molecular weight excluding hydrogens is 401 g/mol. The van der Waals surface area contributed by atoms with Gasteiger partial charge in [-0.15, -0.1) is 0 Å². The summed E-state index contributed by atoms with van der Waals surface area (Å²) in [5.41, 5.74) is 1.76. The van der Waals surface area contributed by atoms with Crippen LogP contribution in [0, 0.1) is 0 Å². The molecule has 0 spiro atoms. The van der Waals surface area contributed by atoms with Crippen molar-refractivity contribution >= 4 is 34.9 Å². The van der Waals surface area contributed by atoms with Crippen LogP contribution in [-0.4, -0.2) is 22.5 Å². The number of ether oxygens (including phenoxy) is 2. The molecule has 2 heterocycles. The number of carbonyl (C=O) groups excluding carboxylic acids is 1. The van der Waals surface area contributed by atoms with Crippen LogP contribution in [0.5, 0.6) is 11.5 Å². The summed E-state index contributed by atoms with van der Waals surface area (Å²) in [5.74, 6) is 1.93. The Morgan fingerprint density at radius 3 is 2.71 bits per heavy atom. The Hall–Kier alpha value is -2.70. The lowest BCUT2D eigenvalue weighted by molar-refractivity contribution is -0.116. The number of hydrogen-bond acceptors (Lipinski definition) is 4. The first-order valence-electron chi connectivity index (χ1n) is 8.73. The molecule has 0 aliphatic carbocycles. The lowest BCUT2D eigenvalue weighted by Crippen LogP contribution is -2.16. The molecule has 1 amide bonds. The number of carbonyl (C=O) groups is 1. The third kappa shape index (κ3) is 4.08. The number of aryl methyl sites for hydroxylation is 1. The number of nitrogens with zero attached hydrogens (tertiary/aromatic N) is 2. The minimum atomic E-state index is -0.107. The Morgan fingerprint density at radius 2 is 1.89 bits per heavy atom. The molecule has 0 saturated carbocycles. The van der Waals surface area contributed by atoms with Crippen LogP contribution in [0.1, 0.15) is 17.5 Å². The second kappa shape index (κ2) is 8.12.